The van der Waals surface area contributed by atoms with Crippen molar-refractivity contribution in [1.82, 2.24) is 0 Å². The number of carbonyl (C=O) groups excluding carboxylic acids is 2. The summed E-state index contributed by atoms with van der Waals surface area (Å²) in [7, 11) is 1.25. The fourth-order valence-electron chi connectivity index (χ4n) is 2.37. The molecule has 1 rings (SSSR count). The number of rotatable bonds is 6. The van der Waals surface area contributed by atoms with Gasteiger partial charge in [-0.3, -0.25) is 4.79 Å². The number of ether oxygens (including phenoxy) is 3. The van der Waals surface area contributed by atoms with Gasteiger partial charge >= 0.3 is 6.16 Å². The smallest absolute Gasteiger partial charge is 0.501 e. The number of hydrogen-bond acceptors (Lipinski definition) is 5. The lowest BCUT2D eigenvalue weighted by atomic mass is 9.83. The van der Waals surface area contributed by atoms with E-state index in [1.807, 2.05) is 26.8 Å². The highest BCUT2D eigenvalue weighted by Gasteiger charge is 2.24. The van der Waals surface area contributed by atoms with E-state index in [0.717, 1.165) is 11.1 Å². The van der Waals surface area contributed by atoms with Gasteiger partial charge in [-0.25, -0.2) is 4.79 Å². The Bertz CT molecular complexity index is 672. The Labute approximate surface area is 155 Å². The number of anilines is 1. The molecule has 26 heavy (non-hydrogen) atoms. The highest BCUT2D eigenvalue weighted by Crippen LogP contribution is 2.38. The molecule has 0 aromatic heterocycles. The topological polar surface area (TPSA) is 73.9 Å². The lowest BCUT2D eigenvalue weighted by Crippen LogP contribution is -2.19. The minimum atomic E-state index is -0.802. The summed E-state index contributed by atoms with van der Waals surface area (Å²) < 4.78 is 14.9. The molecule has 0 atom stereocenters. The van der Waals surface area contributed by atoms with Crippen molar-refractivity contribution in [3.63, 3.8) is 0 Å². The van der Waals surface area contributed by atoms with Crippen molar-refractivity contribution in [2.75, 3.05) is 19.0 Å². The third kappa shape index (κ3) is 6.10. The van der Waals surface area contributed by atoms with Crippen LogP contribution in [0.4, 0.5) is 10.5 Å². The molecule has 1 N–H and O–H groups in total. The van der Waals surface area contributed by atoms with Crippen molar-refractivity contribution in [3.8, 4) is 5.75 Å². The summed E-state index contributed by atoms with van der Waals surface area (Å²) in [5, 5.41) is 2.84. The molecule has 0 unspecified atom stereocenters. The maximum atomic E-state index is 12.2. The Hall–Kier alpha value is -2.50. The largest absolute Gasteiger partial charge is 0.513 e. The van der Waals surface area contributed by atoms with E-state index in [9.17, 15) is 9.59 Å². The maximum absolute atomic E-state index is 12.2. The van der Waals surface area contributed by atoms with E-state index >= 15 is 0 Å². The first-order valence-electron chi connectivity index (χ1n) is 8.63. The molecule has 0 saturated carbocycles. The standard InChI is InChI=1S/C20H29NO5/c1-8-25-10-9-18(22)21-16-12-17(26-19(23)24-7)14(13(2)3)11-15(16)20(4,5)6/h9-13H,8H2,1-7H3,(H,21,22)/b10-9+. The Balaban J connectivity index is 3.37. The zero-order chi connectivity index (χ0) is 19.9. The summed E-state index contributed by atoms with van der Waals surface area (Å²) in [6.45, 7) is 12.5. The first kappa shape index (κ1) is 21.5. The molecule has 1 amide bonds. The van der Waals surface area contributed by atoms with Crippen LogP contribution in [0, 0.1) is 0 Å². The molecule has 0 spiro atoms. The van der Waals surface area contributed by atoms with E-state index < -0.39 is 6.16 Å². The van der Waals surface area contributed by atoms with Crippen LogP contribution >= 0.6 is 0 Å². The molecular weight excluding hydrogens is 334 g/mol. The number of carbonyl (C=O) groups is 2. The van der Waals surface area contributed by atoms with E-state index in [2.05, 4.69) is 30.8 Å². The Morgan fingerprint density at radius 3 is 2.38 bits per heavy atom. The zero-order valence-corrected chi connectivity index (χ0v) is 16.6. The van der Waals surface area contributed by atoms with Crippen molar-refractivity contribution in [2.45, 2.75) is 52.9 Å². The van der Waals surface area contributed by atoms with Gasteiger partial charge in [0, 0.05) is 17.8 Å². The van der Waals surface area contributed by atoms with Crippen molar-refractivity contribution in [3.05, 3.63) is 35.6 Å². The molecular formula is C20H29NO5. The van der Waals surface area contributed by atoms with E-state index in [1.165, 1.54) is 19.4 Å². The number of benzene rings is 1. The second kappa shape index (κ2) is 9.27. The molecule has 0 aliphatic heterocycles. The van der Waals surface area contributed by atoms with Crippen LogP contribution in [0.15, 0.2) is 24.5 Å². The van der Waals surface area contributed by atoms with Gasteiger partial charge in [0.15, 0.2) is 0 Å². The fraction of sp³-hybridized carbons (Fsp3) is 0.500. The molecule has 0 radical (unpaired) electrons. The lowest BCUT2D eigenvalue weighted by Gasteiger charge is -2.26. The molecule has 0 saturated heterocycles. The number of methoxy groups -OCH3 is 1. The summed E-state index contributed by atoms with van der Waals surface area (Å²) in [5.41, 5.74) is 2.16. The van der Waals surface area contributed by atoms with E-state index in [0.29, 0.717) is 18.0 Å². The van der Waals surface area contributed by atoms with Crippen LogP contribution in [0.3, 0.4) is 0 Å². The molecule has 6 heteroatoms. The van der Waals surface area contributed by atoms with Crippen LogP contribution in [-0.2, 0) is 19.7 Å². The summed E-state index contributed by atoms with van der Waals surface area (Å²) in [4.78, 5) is 23.8. The first-order chi connectivity index (χ1) is 12.1. The van der Waals surface area contributed by atoms with Crippen LogP contribution in [0.5, 0.6) is 5.75 Å². The van der Waals surface area contributed by atoms with Gasteiger partial charge < -0.3 is 19.5 Å². The summed E-state index contributed by atoms with van der Waals surface area (Å²) in [6, 6.07) is 3.63. The molecule has 6 nitrogen and oxygen atoms in total. The third-order valence-electron chi connectivity index (χ3n) is 3.68. The van der Waals surface area contributed by atoms with Gasteiger partial charge in [-0.05, 0) is 35.4 Å². The van der Waals surface area contributed by atoms with Gasteiger partial charge in [0.05, 0.1) is 20.0 Å². The molecule has 1 aromatic carbocycles. The van der Waals surface area contributed by atoms with Gasteiger partial charge in [0.2, 0.25) is 0 Å². The van der Waals surface area contributed by atoms with Crippen molar-refractivity contribution >= 4 is 17.7 Å². The Morgan fingerprint density at radius 1 is 1.23 bits per heavy atom. The van der Waals surface area contributed by atoms with Gasteiger partial charge in [0.25, 0.3) is 5.91 Å². The van der Waals surface area contributed by atoms with Crippen molar-refractivity contribution in [1.29, 1.82) is 0 Å². The van der Waals surface area contributed by atoms with Crippen LogP contribution in [0.1, 0.15) is 58.6 Å². The molecule has 0 bridgehead atoms. The Kier molecular flexibility index (Phi) is 7.68. The van der Waals surface area contributed by atoms with Crippen LogP contribution in [0.2, 0.25) is 0 Å². The second-order valence-corrected chi connectivity index (χ2v) is 7.14. The zero-order valence-electron chi connectivity index (χ0n) is 16.6. The molecule has 0 aliphatic carbocycles. The summed E-state index contributed by atoms with van der Waals surface area (Å²) in [6.07, 6.45) is 1.86. The molecule has 0 aliphatic rings. The van der Waals surface area contributed by atoms with E-state index in [4.69, 9.17) is 9.47 Å². The van der Waals surface area contributed by atoms with Crippen molar-refractivity contribution < 1.29 is 23.8 Å². The van der Waals surface area contributed by atoms with E-state index in [1.54, 1.807) is 6.07 Å². The predicted octanol–water partition coefficient (Wildman–Crippen LogP) is 4.74. The van der Waals surface area contributed by atoms with Gasteiger partial charge in [-0.1, -0.05) is 34.6 Å². The average molecular weight is 363 g/mol. The minimum absolute atomic E-state index is 0.123. The predicted molar refractivity (Wildman–Crippen MR) is 102 cm³/mol. The Morgan fingerprint density at radius 2 is 1.88 bits per heavy atom. The summed E-state index contributed by atoms with van der Waals surface area (Å²) in [5.74, 6) is 0.160. The first-order valence-corrected chi connectivity index (χ1v) is 8.63. The average Bonchev–Trinajstić information content (AvgIpc) is 2.53. The molecule has 0 fully saturated rings. The van der Waals surface area contributed by atoms with Gasteiger partial charge in [-0.15, -0.1) is 0 Å². The van der Waals surface area contributed by atoms with Gasteiger partial charge in [0.1, 0.15) is 5.75 Å². The lowest BCUT2D eigenvalue weighted by molar-refractivity contribution is -0.112. The molecule has 144 valence electrons. The maximum Gasteiger partial charge on any atom is 0.513 e. The second-order valence-electron chi connectivity index (χ2n) is 7.14. The highest BCUT2D eigenvalue weighted by atomic mass is 16.7. The fourth-order valence-corrected chi connectivity index (χ4v) is 2.37. The van der Waals surface area contributed by atoms with Crippen LogP contribution < -0.4 is 10.1 Å². The van der Waals surface area contributed by atoms with E-state index in [-0.39, 0.29) is 17.2 Å². The quantitative estimate of drug-likeness (QED) is 0.342. The van der Waals surface area contributed by atoms with Gasteiger partial charge in [-0.2, -0.15) is 0 Å². The van der Waals surface area contributed by atoms with Crippen LogP contribution in [-0.4, -0.2) is 25.8 Å². The third-order valence-corrected chi connectivity index (χ3v) is 3.68. The van der Waals surface area contributed by atoms with Crippen LogP contribution in [0.25, 0.3) is 0 Å². The number of hydrogen-bond donors (Lipinski definition) is 1. The monoisotopic (exact) mass is 363 g/mol. The number of nitrogens with one attached hydrogen (secondary N) is 1. The molecule has 0 heterocycles. The minimum Gasteiger partial charge on any atom is -0.501 e. The normalized spacial score (nSPS) is 11.5. The SMILES string of the molecule is CCO/C=C/C(=O)Nc1cc(OC(=O)OC)c(C(C)C)cc1C(C)(C)C. The molecule has 1 aromatic rings. The summed E-state index contributed by atoms with van der Waals surface area (Å²) >= 11 is 0. The van der Waals surface area contributed by atoms with Crippen molar-refractivity contribution in [2.24, 2.45) is 0 Å². The number of amides is 1. The highest BCUT2D eigenvalue weighted by molar-refractivity contribution is 6.00.